The summed E-state index contributed by atoms with van der Waals surface area (Å²) in [5, 5.41) is 5.17. The van der Waals surface area contributed by atoms with Crippen molar-refractivity contribution in [3.63, 3.8) is 0 Å². The molecule has 8 heteroatoms. The molecule has 0 spiro atoms. The maximum absolute atomic E-state index is 11.9. The fraction of sp³-hybridized carbons (Fsp3) is 0.158. The maximum Gasteiger partial charge on any atom is 0.325 e. The second kappa shape index (κ2) is 7.20. The molecule has 5 rings (SSSR count). The van der Waals surface area contributed by atoms with Crippen molar-refractivity contribution in [1.29, 1.82) is 0 Å². The van der Waals surface area contributed by atoms with Crippen molar-refractivity contribution in [3.05, 3.63) is 86.4 Å². The van der Waals surface area contributed by atoms with Crippen molar-refractivity contribution in [2.45, 2.75) is 18.8 Å². The van der Waals surface area contributed by atoms with Crippen LogP contribution in [0.2, 0.25) is 5.02 Å². The van der Waals surface area contributed by atoms with Crippen LogP contribution in [0.25, 0.3) is 16.9 Å². The van der Waals surface area contributed by atoms with Gasteiger partial charge in [0.15, 0.2) is 5.65 Å². The summed E-state index contributed by atoms with van der Waals surface area (Å²) in [6.07, 6.45) is 7.10. The number of aromatic amines is 2. The zero-order valence-electron chi connectivity index (χ0n) is 14.2. The van der Waals surface area contributed by atoms with Crippen LogP contribution in [0.15, 0.2) is 64.6 Å². The van der Waals surface area contributed by atoms with E-state index in [1.165, 1.54) is 6.20 Å². The van der Waals surface area contributed by atoms with Gasteiger partial charge < -0.3 is 4.98 Å². The summed E-state index contributed by atoms with van der Waals surface area (Å²) >= 11 is 5.54. The largest absolute Gasteiger partial charge is 0.325 e. The molecule has 4 aromatic rings. The molecule has 3 aromatic heterocycles. The highest BCUT2D eigenvalue weighted by Crippen LogP contribution is 2.42. The molecule has 1 aliphatic rings. The van der Waals surface area contributed by atoms with Gasteiger partial charge in [-0.2, -0.15) is 5.10 Å². The monoisotopic (exact) mass is 381 g/mol. The van der Waals surface area contributed by atoms with Crippen LogP contribution in [0.5, 0.6) is 0 Å². The average molecular weight is 382 g/mol. The minimum Gasteiger partial charge on any atom is -0.313 e. The van der Waals surface area contributed by atoms with Gasteiger partial charge in [0, 0.05) is 29.2 Å². The molecular formula is C19H16ClN5O2. The number of H-pyrrole nitrogens is 2. The number of benzene rings is 1. The van der Waals surface area contributed by atoms with Gasteiger partial charge in [-0.1, -0.05) is 29.8 Å². The molecule has 7 nitrogen and oxygen atoms in total. The third kappa shape index (κ3) is 3.83. The van der Waals surface area contributed by atoms with Gasteiger partial charge >= 0.3 is 5.69 Å². The number of halogens is 1. The topological polar surface area (TPSA) is 95.9 Å². The summed E-state index contributed by atoms with van der Waals surface area (Å²) in [5.74, 6) is 0.489. The predicted molar refractivity (Wildman–Crippen MR) is 103 cm³/mol. The zero-order valence-corrected chi connectivity index (χ0v) is 15.0. The fourth-order valence-corrected chi connectivity index (χ4v) is 2.93. The van der Waals surface area contributed by atoms with Gasteiger partial charge in [0.2, 0.25) is 0 Å². The lowest BCUT2D eigenvalue weighted by atomic mass is 10.1. The normalized spacial score (nSPS) is 13.2. The smallest absolute Gasteiger partial charge is 0.313 e. The van der Waals surface area contributed by atoms with Gasteiger partial charge in [0.1, 0.15) is 0 Å². The highest BCUT2D eigenvalue weighted by atomic mass is 35.5. The van der Waals surface area contributed by atoms with E-state index in [2.05, 4.69) is 20.1 Å². The number of hydrogen-bond donors (Lipinski definition) is 2. The number of rotatable bonds is 2. The number of fused-ring (bicyclic) bond motifs is 1. The molecule has 0 bridgehead atoms. The Morgan fingerprint density at radius 2 is 1.93 bits per heavy atom. The lowest BCUT2D eigenvalue weighted by Gasteiger charge is -2.05. The lowest BCUT2D eigenvalue weighted by Crippen LogP contribution is -2.23. The molecular weight excluding hydrogens is 366 g/mol. The third-order valence-corrected chi connectivity index (χ3v) is 4.49. The van der Waals surface area contributed by atoms with E-state index in [0.29, 0.717) is 17.2 Å². The second-order valence-electron chi connectivity index (χ2n) is 6.24. The molecule has 0 unspecified atom stereocenters. The van der Waals surface area contributed by atoms with Crippen molar-refractivity contribution in [2.24, 2.45) is 0 Å². The van der Waals surface area contributed by atoms with Gasteiger partial charge in [-0.25, -0.2) is 14.3 Å². The van der Waals surface area contributed by atoms with Crippen molar-refractivity contribution in [3.8, 4) is 11.3 Å². The van der Waals surface area contributed by atoms with Gasteiger partial charge in [-0.15, -0.1) is 0 Å². The van der Waals surface area contributed by atoms with Crippen molar-refractivity contribution < 1.29 is 0 Å². The lowest BCUT2D eigenvalue weighted by molar-refractivity contribution is 0.913. The van der Waals surface area contributed by atoms with E-state index in [1.807, 2.05) is 36.4 Å². The number of imidazole rings is 1. The van der Waals surface area contributed by atoms with Crippen molar-refractivity contribution in [1.82, 2.24) is 24.6 Å². The average Bonchev–Trinajstić information content (AvgIpc) is 3.39. The Bertz CT molecular complexity index is 1190. The SMILES string of the molecule is Clc1ccccc1.O=c1[nH]cc(-c2cc(C3CC3)c3nccn3n2)c(=O)[nH]1. The van der Waals surface area contributed by atoms with E-state index < -0.39 is 11.2 Å². The van der Waals surface area contributed by atoms with E-state index in [9.17, 15) is 9.59 Å². The molecule has 1 saturated carbocycles. The number of hydrogen-bond acceptors (Lipinski definition) is 4. The molecule has 0 aliphatic heterocycles. The number of aromatic nitrogens is 5. The van der Waals surface area contributed by atoms with Gasteiger partial charge in [0.25, 0.3) is 5.56 Å². The Morgan fingerprint density at radius 3 is 2.56 bits per heavy atom. The first-order chi connectivity index (χ1) is 13.1. The highest BCUT2D eigenvalue weighted by molar-refractivity contribution is 6.30. The molecule has 1 fully saturated rings. The Hall–Kier alpha value is -3.19. The summed E-state index contributed by atoms with van der Waals surface area (Å²) in [6.45, 7) is 0. The Kier molecular flexibility index (Phi) is 4.60. The maximum atomic E-state index is 11.9. The first-order valence-electron chi connectivity index (χ1n) is 8.49. The molecule has 0 amide bonds. The summed E-state index contributed by atoms with van der Waals surface area (Å²) in [7, 11) is 0. The van der Waals surface area contributed by atoms with E-state index >= 15 is 0 Å². The van der Waals surface area contributed by atoms with Gasteiger partial charge in [-0.3, -0.25) is 9.78 Å². The molecule has 3 heterocycles. The standard InChI is InChI=1S/C13H11N5O2.C6H5Cl/c19-12-9(6-15-13(20)16-12)10-5-8(7-1-2-7)11-14-3-4-18(11)17-10;7-6-4-2-1-3-5-6/h3-7H,1-2H2,(H2,15,16,19,20);1-5H. The van der Waals surface area contributed by atoms with Crippen LogP contribution >= 0.6 is 11.6 Å². The minimum atomic E-state index is -0.523. The van der Waals surface area contributed by atoms with Crippen LogP contribution in [-0.4, -0.2) is 24.6 Å². The number of nitrogens with zero attached hydrogens (tertiary/aromatic N) is 3. The van der Waals surface area contributed by atoms with E-state index in [4.69, 9.17) is 11.6 Å². The molecule has 136 valence electrons. The Balaban J connectivity index is 0.000000218. The minimum absolute atomic E-state index is 0.349. The van der Waals surface area contributed by atoms with Crippen LogP contribution in [0.1, 0.15) is 24.3 Å². The highest BCUT2D eigenvalue weighted by Gasteiger charge is 2.27. The predicted octanol–water partition coefficient (Wildman–Crippen LogP) is 2.99. The van der Waals surface area contributed by atoms with Gasteiger partial charge in [0.05, 0.1) is 11.3 Å². The molecule has 2 N–H and O–H groups in total. The van der Waals surface area contributed by atoms with Crippen LogP contribution in [0.4, 0.5) is 0 Å². The third-order valence-electron chi connectivity index (χ3n) is 4.23. The molecule has 0 atom stereocenters. The van der Waals surface area contributed by atoms with E-state index in [-0.39, 0.29) is 0 Å². The zero-order chi connectivity index (χ0) is 18.8. The first kappa shape index (κ1) is 17.2. The van der Waals surface area contributed by atoms with E-state index in [1.54, 1.807) is 16.9 Å². The van der Waals surface area contributed by atoms with Crippen molar-refractivity contribution >= 4 is 17.2 Å². The quantitative estimate of drug-likeness (QED) is 0.558. The van der Waals surface area contributed by atoms with E-state index in [0.717, 1.165) is 29.1 Å². The Morgan fingerprint density at radius 1 is 1.15 bits per heavy atom. The Labute approximate surface area is 158 Å². The number of nitrogens with one attached hydrogen (secondary N) is 2. The van der Waals surface area contributed by atoms with Crippen LogP contribution in [-0.2, 0) is 0 Å². The molecule has 0 radical (unpaired) electrons. The molecule has 1 aromatic carbocycles. The second-order valence-corrected chi connectivity index (χ2v) is 6.67. The first-order valence-corrected chi connectivity index (χ1v) is 8.87. The summed E-state index contributed by atoms with van der Waals surface area (Å²) in [5.41, 5.74) is 1.85. The van der Waals surface area contributed by atoms with Crippen LogP contribution in [0.3, 0.4) is 0 Å². The molecule has 0 saturated heterocycles. The molecule has 27 heavy (non-hydrogen) atoms. The van der Waals surface area contributed by atoms with Gasteiger partial charge in [-0.05, 0) is 37.0 Å². The van der Waals surface area contributed by atoms with Crippen LogP contribution in [0, 0.1) is 0 Å². The molecule has 1 aliphatic carbocycles. The summed E-state index contributed by atoms with van der Waals surface area (Å²) < 4.78 is 1.67. The fourth-order valence-electron chi connectivity index (χ4n) is 2.78. The summed E-state index contributed by atoms with van der Waals surface area (Å²) in [6, 6.07) is 11.3. The summed E-state index contributed by atoms with van der Waals surface area (Å²) in [4.78, 5) is 31.9. The van der Waals surface area contributed by atoms with Crippen molar-refractivity contribution in [2.75, 3.05) is 0 Å². The van der Waals surface area contributed by atoms with Crippen LogP contribution < -0.4 is 11.2 Å².